The molecular formula is C15H27NO4. The molecule has 116 valence electrons. The lowest BCUT2D eigenvalue weighted by Crippen LogP contribution is -2.34. The molecule has 1 heterocycles. The van der Waals surface area contributed by atoms with Crippen LogP contribution in [0.3, 0.4) is 0 Å². The summed E-state index contributed by atoms with van der Waals surface area (Å²) < 4.78 is 5.53. The van der Waals surface area contributed by atoms with Crippen molar-refractivity contribution in [1.29, 1.82) is 0 Å². The fraction of sp³-hybridized carbons (Fsp3) is 0.867. The second-order valence-corrected chi connectivity index (χ2v) is 6.09. The Morgan fingerprint density at radius 1 is 1.35 bits per heavy atom. The van der Waals surface area contributed by atoms with Gasteiger partial charge in [-0.1, -0.05) is 13.8 Å². The molecule has 0 aromatic carbocycles. The summed E-state index contributed by atoms with van der Waals surface area (Å²) in [6, 6.07) is 0. The van der Waals surface area contributed by atoms with Gasteiger partial charge in [0.15, 0.2) is 0 Å². The van der Waals surface area contributed by atoms with Crippen molar-refractivity contribution in [3.05, 3.63) is 0 Å². The largest absolute Gasteiger partial charge is 0.481 e. The van der Waals surface area contributed by atoms with Crippen LogP contribution < -0.4 is 5.32 Å². The molecule has 2 N–H and O–H groups in total. The van der Waals surface area contributed by atoms with E-state index in [4.69, 9.17) is 9.84 Å². The van der Waals surface area contributed by atoms with E-state index in [-0.39, 0.29) is 24.3 Å². The lowest BCUT2D eigenvalue weighted by atomic mass is 9.94. The summed E-state index contributed by atoms with van der Waals surface area (Å²) >= 11 is 0. The quantitative estimate of drug-likeness (QED) is 0.717. The van der Waals surface area contributed by atoms with E-state index in [1.807, 2.05) is 0 Å². The molecule has 5 nitrogen and oxygen atoms in total. The van der Waals surface area contributed by atoms with Crippen LogP contribution in [0.1, 0.15) is 52.4 Å². The zero-order valence-electron chi connectivity index (χ0n) is 12.6. The number of nitrogens with one attached hydrogen (secondary N) is 1. The first-order valence-electron chi connectivity index (χ1n) is 7.57. The highest BCUT2D eigenvalue weighted by Crippen LogP contribution is 2.17. The summed E-state index contributed by atoms with van der Waals surface area (Å²) in [5, 5.41) is 11.7. The van der Waals surface area contributed by atoms with Gasteiger partial charge < -0.3 is 15.2 Å². The molecule has 0 saturated carbocycles. The molecule has 0 radical (unpaired) electrons. The van der Waals surface area contributed by atoms with E-state index in [1.54, 1.807) is 0 Å². The summed E-state index contributed by atoms with van der Waals surface area (Å²) in [4.78, 5) is 22.7. The summed E-state index contributed by atoms with van der Waals surface area (Å²) in [6.45, 7) is 5.31. The average molecular weight is 285 g/mol. The molecule has 1 aliphatic rings. The summed E-state index contributed by atoms with van der Waals surface area (Å²) in [5.41, 5.74) is 0. The number of aliphatic carboxylic acids is 1. The van der Waals surface area contributed by atoms with Crippen molar-refractivity contribution in [3.8, 4) is 0 Å². The molecule has 1 rings (SSSR count). The van der Waals surface area contributed by atoms with Gasteiger partial charge in [0, 0.05) is 19.6 Å². The minimum absolute atomic E-state index is 0.00345. The molecule has 0 spiro atoms. The lowest BCUT2D eigenvalue weighted by Gasteiger charge is -2.23. The van der Waals surface area contributed by atoms with E-state index in [0.29, 0.717) is 18.9 Å². The van der Waals surface area contributed by atoms with Crippen LogP contribution >= 0.6 is 0 Å². The van der Waals surface area contributed by atoms with Crippen molar-refractivity contribution < 1.29 is 19.4 Å². The van der Waals surface area contributed by atoms with Crippen molar-refractivity contribution >= 4 is 11.9 Å². The first kappa shape index (κ1) is 17.0. The van der Waals surface area contributed by atoms with Crippen LogP contribution in [0.4, 0.5) is 0 Å². The molecule has 1 aliphatic heterocycles. The van der Waals surface area contributed by atoms with Gasteiger partial charge in [-0.3, -0.25) is 9.59 Å². The molecular weight excluding hydrogens is 258 g/mol. The van der Waals surface area contributed by atoms with Gasteiger partial charge in [0.05, 0.1) is 12.5 Å². The minimum atomic E-state index is -0.805. The standard InChI is InChI=1S/C15H27NO4/c1-11(2)7-12(8-15(18)19)10-16-14(17)9-13-5-3-4-6-20-13/h11-13H,3-10H2,1-2H3,(H,16,17)(H,18,19)/t12-,13?/m0/s1. The van der Waals surface area contributed by atoms with Crippen LogP contribution in [0.5, 0.6) is 0 Å². The van der Waals surface area contributed by atoms with E-state index < -0.39 is 5.97 Å². The summed E-state index contributed by atoms with van der Waals surface area (Å²) in [6.07, 6.45) is 4.48. The van der Waals surface area contributed by atoms with E-state index >= 15 is 0 Å². The molecule has 5 heteroatoms. The Morgan fingerprint density at radius 2 is 2.10 bits per heavy atom. The predicted molar refractivity (Wildman–Crippen MR) is 76.4 cm³/mol. The maximum atomic E-state index is 11.8. The van der Waals surface area contributed by atoms with Crippen molar-refractivity contribution in [2.75, 3.05) is 13.2 Å². The van der Waals surface area contributed by atoms with Gasteiger partial charge in [0.25, 0.3) is 0 Å². The molecule has 20 heavy (non-hydrogen) atoms. The zero-order valence-corrected chi connectivity index (χ0v) is 12.6. The number of hydrogen-bond donors (Lipinski definition) is 2. The van der Waals surface area contributed by atoms with Gasteiger partial charge >= 0.3 is 5.97 Å². The number of ether oxygens (including phenoxy) is 1. The highest BCUT2D eigenvalue weighted by Gasteiger charge is 2.19. The number of hydrogen-bond acceptors (Lipinski definition) is 3. The third-order valence-electron chi connectivity index (χ3n) is 3.54. The number of rotatable bonds is 8. The first-order chi connectivity index (χ1) is 9.47. The van der Waals surface area contributed by atoms with Crippen LogP contribution in [-0.4, -0.2) is 36.2 Å². The Morgan fingerprint density at radius 3 is 2.65 bits per heavy atom. The smallest absolute Gasteiger partial charge is 0.303 e. The third-order valence-corrected chi connectivity index (χ3v) is 3.54. The van der Waals surface area contributed by atoms with Crippen LogP contribution in [0, 0.1) is 11.8 Å². The molecule has 1 fully saturated rings. The fourth-order valence-electron chi connectivity index (χ4n) is 2.66. The van der Waals surface area contributed by atoms with Crippen LogP contribution in [0.25, 0.3) is 0 Å². The number of carboxylic acid groups (broad SMARTS) is 1. The van der Waals surface area contributed by atoms with E-state index in [2.05, 4.69) is 19.2 Å². The second kappa shape index (κ2) is 8.95. The fourth-order valence-corrected chi connectivity index (χ4v) is 2.66. The van der Waals surface area contributed by atoms with Crippen LogP contribution in [0.2, 0.25) is 0 Å². The van der Waals surface area contributed by atoms with Gasteiger partial charge in [-0.2, -0.15) is 0 Å². The maximum absolute atomic E-state index is 11.8. The van der Waals surface area contributed by atoms with Gasteiger partial charge in [-0.05, 0) is 37.5 Å². The highest BCUT2D eigenvalue weighted by molar-refractivity contribution is 5.76. The molecule has 1 saturated heterocycles. The topological polar surface area (TPSA) is 75.6 Å². The van der Waals surface area contributed by atoms with Gasteiger partial charge in [-0.15, -0.1) is 0 Å². The van der Waals surface area contributed by atoms with E-state index in [0.717, 1.165) is 32.3 Å². The van der Waals surface area contributed by atoms with Crippen LogP contribution in [0.15, 0.2) is 0 Å². The molecule has 2 atom stereocenters. The Kier molecular flexibility index (Phi) is 7.59. The number of carbonyl (C=O) groups is 2. The first-order valence-corrected chi connectivity index (χ1v) is 7.57. The minimum Gasteiger partial charge on any atom is -0.481 e. The lowest BCUT2D eigenvalue weighted by molar-refractivity contribution is -0.138. The third kappa shape index (κ3) is 7.48. The molecule has 1 amide bonds. The monoisotopic (exact) mass is 285 g/mol. The number of amides is 1. The maximum Gasteiger partial charge on any atom is 0.303 e. The van der Waals surface area contributed by atoms with Gasteiger partial charge in [-0.25, -0.2) is 0 Å². The Labute approximate surface area is 121 Å². The molecule has 1 unspecified atom stereocenters. The van der Waals surface area contributed by atoms with Crippen LogP contribution in [-0.2, 0) is 14.3 Å². The van der Waals surface area contributed by atoms with Gasteiger partial charge in [0.1, 0.15) is 0 Å². The van der Waals surface area contributed by atoms with Crippen molar-refractivity contribution in [1.82, 2.24) is 5.32 Å². The normalized spacial score (nSPS) is 20.6. The van der Waals surface area contributed by atoms with E-state index in [9.17, 15) is 9.59 Å². The Hall–Kier alpha value is -1.10. The van der Waals surface area contributed by atoms with Crippen molar-refractivity contribution in [3.63, 3.8) is 0 Å². The summed E-state index contributed by atoms with van der Waals surface area (Å²) in [7, 11) is 0. The van der Waals surface area contributed by atoms with Gasteiger partial charge in [0.2, 0.25) is 5.91 Å². The summed E-state index contributed by atoms with van der Waals surface area (Å²) in [5.74, 6) is -0.404. The van der Waals surface area contributed by atoms with Crippen molar-refractivity contribution in [2.24, 2.45) is 11.8 Å². The van der Waals surface area contributed by atoms with Crippen molar-refractivity contribution in [2.45, 2.75) is 58.5 Å². The van der Waals surface area contributed by atoms with E-state index in [1.165, 1.54) is 0 Å². The Balaban J connectivity index is 2.29. The number of carbonyl (C=O) groups excluding carboxylic acids is 1. The molecule has 0 aliphatic carbocycles. The second-order valence-electron chi connectivity index (χ2n) is 6.09. The molecule has 0 bridgehead atoms. The predicted octanol–water partition coefficient (Wildman–Crippen LogP) is 2.20. The zero-order chi connectivity index (χ0) is 15.0. The SMILES string of the molecule is CC(C)C[C@H](CNC(=O)CC1CCCCO1)CC(=O)O. The highest BCUT2D eigenvalue weighted by atomic mass is 16.5. The molecule has 0 aromatic heterocycles. The average Bonchev–Trinajstić information content (AvgIpc) is 2.36. The molecule has 0 aromatic rings. The Bertz CT molecular complexity index is 311. The number of carboxylic acids is 1.